The first-order valence-corrected chi connectivity index (χ1v) is 19.3. The molecule has 7 unspecified atom stereocenters. The Morgan fingerprint density at radius 3 is 2.37 bits per heavy atom. The second kappa shape index (κ2) is 18.5. The summed E-state index contributed by atoms with van der Waals surface area (Å²) in [5, 5.41) is 8.12. The Kier molecular flexibility index (Phi) is 13.8. The van der Waals surface area contributed by atoms with Gasteiger partial charge in [0, 0.05) is 26.1 Å². The van der Waals surface area contributed by atoms with Crippen LogP contribution >= 0.6 is 0 Å². The van der Waals surface area contributed by atoms with Crippen molar-refractivity contribution in [2.24, 2.45) is 5.92 Å². The van der Waals surface area contributed by atoms with Crippen LogP contribution in [0.2, 0.25) is 0 Å². The summed E-state index contributed by atoms with van der Waals surface area (Å²) in [6.07, 6.45) is 8.02. The number of piperidine rings is 1. The summed E-state index contributed by atoms with van der Waals surface area (Å²) >= 11 is 0. The summed E-state index contributed by atoms with van der Waals surface area (Å²) in [5.74, 6) is -4.55. The maximum atomic E-state index is 14.4. The number of halogens is 1. The molecule has 5 rings (SSSR count). The van der Waals surface area contributed by atoms with Gasteiger partial charge in [0.15, 0.2) is 0 Å². The Labute approximate surface area is 315 Å². The maximum Gasteiger partial charge on any atom is 0.328 e. The molecule has 54 heavy (non-hydrogen) atoms. The molecule has 0 spiro atoms. The number of carbonyl (C=O) groups is 7. The first kappa shape index (κ1) is 40.4. The minimum atomic E-state index is -1.47. The van der Waals surface area contributed by atoms with Crippen LogP contribution in [0.5, 0.6) is 0 Å². The predicted octanol–water partition coefficient (Wildman–Crippen LogP) is 1.75. The van der Waals surface area contributed by atoms with Gasteiger partial charge in [-0.3, -0.25) is 28.8 Å². The van der Waals surface area contributed by atoms with E-state index in [1.807, 2.05) is 13.8 Å². The molecule has 0 aliphatic carbocycles. The van der Waals surface area contributed by atoms with Crippen LogP contribution in [0, 0.1) is 11.7 Å². The van der Waals surface area contributed by atoms with E-state index in [0.717, 1.165) is 12.8 Å². The third-order valence-electron chi connectivity index (χ3n) is 10.8. The zero-order valence-corrected chi connectivity index (χ0v) is 31.4. The fourth-order valence-corrected chi connectivity index (χ4v) is 7.78. The summed E-state index contributed by atoms with van der Waals surface area (Å²) in [7, 11) is 0. The fraction of sp³-hybridized carbons (Fsp3) is 0.615. The number of hydrogen-bond donors (Lipinski definition) is 3. The van der Waals surface area contributed by atoms with Crippen molar-refractivity contribution < 1.29 is 42.7 Å². The number of carbonyl (C=O) groups excluding carboxylic acids is 7. The molecular formula is C39H53FN6O8. The zero-order chi connectivity index (χ0) is 38.9. The van der Waals surface area contributed by atoms with Gasteiger partial charge in [-0.1, -0.05) is 44.9 Å². The summed E-state index contributed by atoms with van der Waals surface area (Å²) in [5.41, 5.74) is 0.418. The molecule has 15 heteroatoms. The quantitative estimate of drug-likeness (QED) is 0.194. The van der Waals surface area contributed by atoms with E-state index in [9.17, 15) is 38.0 Å². The third kappa shape index (κ3) is 9.83. The Balaban J connectivity index is 1.45. The smallest absolute Gasteiger partial charge is 0.328 e. The largest absolute Gasteiger partial charge is 0.461 e. The highest BCUT2D eigenvalue weighted by atomic mass is 19.1. The Bertz CT molecular complexity index is 1620. The fourth-order valence-electron chi connectivity index (χ4n) is 7.78. The molecule has 0 radical (unpaired) electrons. The normalized spacial score (nSPS) is 27.6. The molecule has 4 heterocycles. The molecule has 0 saturated carbocycles. The summed E-state index contributed by atoms with van der Waals surface area (Å²) in [6.45, 7) is 5.69. The summed E-state index contributed by atoms with van der Waals surface area (Å²) in [6, 6.07) is -0.884. The lowest BCUT2D eigenvalue weighted by Crippen LogP contribution is -2.62. The second-order valence-corrected chi connectivity index (χ2v) is 14.9. The van der Waals surface area contributed by atoms with Crippen LogP contribution in [-0.4, -0.2) is 119 Å². The minimum Gasteiger partial charge on any atom is -0.461 e. The molecule has 294 valence electrons. The van der Waals surface area contributed by atoms with Crippen LogP contribution in [0.25, 0.3) is 0 Å². The van der Waals surface area contributed by atoms with Crippen molar-refractivity contribution in [3.63, 3.8) is 0 Å². The first-order valence-electron chi connectivity index (χ1n) is 19.3. The average Bonchev–Trinajstić information content (AvgIpc) is 3.84. The van der Waals surface area contributed by atoms with Gasteiger partial charge in [-0.2, -0.15) is 0 Å². The number of allylic oxidation sites excluding steroid dienone is 1. The Morgan fingerprint density at radius 2 is 1.65 bits per heavy atom. The zero-order valence-electron chi connectivity index (χ0n) is 31.4. The molecule has 0 aromatic heterocycles. The molecule has 1 aromatic carbocycles. The number of fused-ring (bicyclic) bond motifs is 3. The first-order chi connectivity index (χ1) is 25.9. The molecule has 14 nitrogen and oxygen atoms in total. The molecule has 3 N–H and O–H groups in total. The molecule has 1 aromatic rings. The molecule has 4 aliphatic heterocycles. The molecule has 7 atom stereocenters. The lowest BCUT2D eigenvalue weighted by molar-refractivity contribution is -0.158. The standard InChI is InChI=1S/C39H53FN6O8/c1-4-5-6-7-15-33(47)42-28(22-26-11-8-12-27(40)21-26)34(48)43-29-23-54-39(53)31-14-10-18-45(31)36(50)25(3)41-35(49)32-20-24(2)16-19-46(32)38(52)30-13-9-17-44(30)37(29)51/h7-8,11-12,15,21,24-25,28-32H,4-6,9-10,13-14,16-20,22-23H2,1-3H3,(H,41,49)(H,42,47)(H,43,48). The highest BCUT2D eigenvalue weighted by Crippen LogP contribution is 2.28. The van der Waals surface area contributed by atoms with E-state index < -0.39 is 90.1 Å². The third-order valence-corrected chi connectivity index (χ3v) is 10.8. The van der Waals surface area contributed by atoms with Crippen LogP contribution < -0.4 is 16.0 Å². The van der Waals surface area contributed by atoms with Crippen molar-refractivity contribution in [3.8, 4) is 0 Å². The lowest BCUT2D eigenvalue weighted by Gasteiger charge is -2.41. The van der Waals surface area contributed by atoms with Gasteiger partial charge in [0.25, 0.3) is 0 Å². The highest BCUT2D eigenvalue weighted by molar-refractivity contribution is 5.98. The van der Waals surface area contributed by atoms with Crippen molar-refractivity contribution >= 4 is 41.4 Å². The van der Waals surface area contributed by atoms with Gasteiger partial charge in [0.1, 0.15) is 48.7 Å². The van der Waals surface area contributed by atoms with Crippen LogP contribution in [0.1, 0.15) is 84.1 Å². The van der Waals surface area contributed by atoms with Gasteiger partial charge < -0.3 is 35.4 Å². The number of unbranched alkanes of at least 4 members (excludes halogenated alkanes) is 2. The topological polar surface area (TPSA) is 175 Å². The van der Waals surface area contributed by atoms with E-state index in [0.29, 0.717) is 57.1 Å². The highest BCUT2D eigenvalue weighted by Gasteiger charge is 2.46. The van der Waals surface area contributed by atoms with E-state index in [-0.39, 0.29) is 25.4 Å². The van der Waals surface area contributed by atoms with Crippen molar-refractivity contribution in [1.82, 2.24) is 30.7 Å². The molecule has 4 fully saturated rings. The number of rotatable bonds is 9. The van der Waals surface area contributed by atoms with Crippen LogP contribution in [0.15, 0.2) is 36.4 Å². The van der Waals surface area contributed by atoms with Crippen molar-refractivity contribution in [3.05, 3.63) is 47.8 Å². The van der Waals surface area contributed by atoms with Crippen LogP contribution in [0.3, 0.4) is 0 Å². The van der Waals surface area contributed by atoms with Gasteiger partial charge in [-0.25, -0.2) is 9.18 Å². The van der Waals surface area contributed by atoms with E-state index in [1.54, 1.807) is 19.1 Å². The van der Waals surface area contributed by atoms with E-state index in [2.05, 4.69) is 16.0 Å². The average molecular weight is 753 g/mol. The van der Waals surface area contributed by atoms with E-state index in [4.69, 9.17) is 4.74 Å². The minimum absolute atomic E-state index is 0.113. The van der Waals surface area contributed by atoms with Gasteiger partial charge in [-0.05, 0) is 81.6 Å². The molecule has 4 saturated heterocycles. The van der Waals surface area contributed by atoms with Crippen LogP contribution in [-0.2, 0) is 44.7 Å². The number of amides is 6. The summed E-state index contributed by atoms with van der Waals surface area (Å²) in [4.78, 5) is 101. The monoisotopic (exact) mass is 752 g/mol. The number of ether oxygens (including phenoxy) is 1. The Hall–Kier alpha value is -4.82. The van der Waals surface area contributed by atoms with Crippen LogP contribution in [0.4, 0.5) is 4.39 Å². The number of nitrogens with zero attached hydrogens (tertiary/aromatic N) is 3. The number of esters is 1. The molecule has 6 amide bonds. The molecular weight excluding hydrogens is 699 g/mol. The van der Waals surface area contributed by atoms with Gasteiger partial charge in [-0.15, -0.1) is 0 Å². The van der Waals surface area contributed by atoms with E-state index in [1.165, 1.54) is 39.0 Å². The molecule has 0 bridgehead atoms. The SMILES string of the molecule is CCCCC=CC(=O)NC(Cc1cccc(F)c1)C(=O)NC1COC(=O)C2CCCN2C(=O)C(C)NC(=O)C2CC(C)CCN2C(=O)C2CCCN2C1=O. The maximum absolute atomic E-state index is 14.4. The second-order valence-electron chi connectivity index (χ2n) is 14.9. The number of cyclic esters (lactones) is 1. The summed E-state index contributed by atoms with van der Waals surface area (Å²) < 4.78 is 19.8. The van der Waals surface area contributed by atoms with Crippen molar-refractivity contribution in [2.75, 3.05) is 26.2 Å². The predicted molar refractivity (Wildman–Crippen MR) is 195 cm³/mol. The number of nitrogens with one attached hydrogen (secondary N) is 3. The lowest BCUT2D eigenvalue weighted by atomic mass is 9.91. The van der Waals surface area contributed by atoms with Crippen molar-refractivity contribution in [1.29, 1.82) is 0 Å². The van der Waals surface area contributed by atoms with Crippen molar-refractivity contribution in [2.45, 2.75) is 121 Å². The number of hydrogen-bond acceptors (Lipinski definition) is 8. The van der Waals surface area contributed by atoms with E-state index >= 15 is 0 Å². The molecule has 4 aliphatic rings. The number of benzene rings is 1. The Morgan fingerprint density at radius 1 is 0.944 bits per heavy atom. The van der Waals surface area contributed by atoms with Gasteiger partial charge in [0.2, 0.25) is 35.4 Å². The van der Waals surface area contributed by atoms with Gasteiger partial charge in [0.05, 0.1) is 0 Å². The van der Waals surface area contributed by atoms with Gasteiger partial charge >= 0.3 is 5.97 Å².